The summed E-state index contributed by atoms with van der Waals surface area (Å²) in [6.07, 6.45) is 1.78. The summed E-state index contributed by atoms with van der Waals surface area (Å²) in [5, 5.41) is 12.6. The summed E-state index contributed by atoms with van der Waals surface area (Å²) in [4.78, 5) is 16.3. The number of carbonyl (C=O) groups is 1. The van der Waals surface area contributed by atoms with Gasteiger partial charge >= 0.3 is 5.97 Å². The van der Waals surface area contributed by atoms with Crippen molar-refractivity contribution in [2.45, 2.75) is 40.2 Å². The molecule has 7 nitrogen and oxygen atoms in total. The molecule has 0 spiro atoms. The number of esters is 1. The molecule has 0 fully saturated rings. The first-order valence-electron chi connectivity index (χ1n) is 9.44. The molecule has 0 aliphatic heterocycles. The maximum absolute atomic E-state index is 12.4. The zero-order valence-electron chi connectivity index (χ0n) is 16.2. The number of hydrogen-bond acceptors (Lipinski definition) is 6. The van der Waals surface area contributed by atoms with Gasteiger partial charge in [0.1, 0.15) is 0 Å². The van der Waals surface area contributed by atoms with E-state index >= 15 is 0 Å². The second-order valence-corrected chi connectivity index (χ2v) is 6.58. The van der Waals surface area contributed by atoms with E-state index in [1.807, 2.05) is 19.1 Å². The maximum atomic E-state index is 12.4. The van der Waals surface area contributed by atoms with E-state index in [0.717, 1.165) is 38.2 Å². The van der Waals surface area contributed by atoms with Gasteiger partial charge in [0.2, 0.25) is 5.69 Å². The molecule has 0 unspecified atom stereocenters. The summed E-state index contributed by atoms with van der Waals surface area (Å²) >= 11 is 5.93. The van der Waals surface area contributed by atoms with Crippen LogP contribution in [-0.4, -0.2) is 52.1 Å². The SMILES string of the molecule is CCCCOC(=O)c1nn(CCN(CC)CC)nc1Nc1ccc(Cl)cc1. The quantitative estimate of drug-likeness (QED) is 0.460. The van der Waals surface area contributed by atoms with Crippen LogP contribution in [0.4, 0.5) is 11.5 Å². The molecule has 8 heteroatoms. The van der Waals surface area contributed by atoms with Crippen molar-refractivity contribution in [3.63, 3.8) is 0 Å². The van der Waals surface area contributed by atoms with Crippen LogP contribution in [0.15, 0.2) is 24.3 Å². The number of unbranched alkanes of at least 4 members (excludes halogenated alkanes) is 1. The standard InChI is InChI=1S/C19H28ClN5O2/c1-4-7-14-27-19(26)17-18(21-16-10-8-15(20)9-11-16)23-25(22-17)13-12-24(5-2)6-3/h8-11H,4-7,12-14H2,1-3H3,(H,21,23). The Balaban J connectivity index is 2.16. The predicted octanol–water partition coefficient (Wildman–Crippen LogP) is 3.97. The van der Waals surface area contributed by atoms with Crippen LogP contribution in [0.1, 0.15) is 44.1 Å². The van der Waals surface area contributed by atoms with Crippen LogP contribution >= 0.6 is 11.6 Å². The van der Waals surface area contributed by atoms with E-state index in [9.17, 15) is 4.79 Å². The van der Waals surface area contributed by atoms with Gasteiger partial charge in [-0.15, -0.1) is 10.2 Å². The second-order valence-electron chi connectivity index (χ2n) is 6.14. The number of rotatable bonds is 11. The zero-order valence-corrected chi connectivity index (χ0v) is 17.0. The van der Waals surface area contributed by atoms with Crippen LogP contribution < -0.4 is 5.32 Å². The van der Waals surface area contributed by atoms with E-state index in [1.165, 1.54) is 0 Å². The van der Waals surface area contributed by atoms with Gasteiger partial charge < -0.3 is 15.0 Å². The zero-order chi connectivity index (χ0) is 19.6. The first-order valence-corrected chi connectivity index (χ1v) is 9.82. The Morgan fingerprint density at radius 1 is 1.19 bits per heavy atom. The van der Waals surface area contributed by atoms with Crippen LogP contribution in [0.25, 0.3) is 0 Å². The van der Waals surface area contributed by atoms with Crippen molar-refractivity contribution in [3.8, 4) is 0 Å². The Bertz CT molecular complexity index is 713. The van der Waals surface area contributed by atoms with Crippen LogP contribution in [0.3, 0.4) is 0 Å². The highest BCUT2D eigenvalue weighted by Crippen LogP contribution is 2.20. The van der Waals surface area contributed by atoms with Crippen molar-refractivity contribution >= 4 is 29.1 Å². The first kappa shape index (κ1) is 21.2. The predicted molar refractivity (Wildman–Crippen MR) is 108 cm³/mol. The van der Waals surface area contributed by atoms with Gasteiger partial charge in [-0.2, -0.15) is 4.80 Å². The lowest BCUT2D eigenvalue weighted by atomic mass is 10.3. The normalized spacial score (nSPS) is 11.0. The highest BCUT2D eigenvalue weighted by atomic mass is 35.5. The van der Waals surface area contributed by atoms with Crippen molar-refractivity contribution in [2.24, 2.45) is 0 Å². The van der Waals surface area contributed by atoms with Gasteiger partial charge in [0.25, 0.3) is 0 Å². The topological polar surface area (TPSA) is 72.3 Å². The Morgan fingerprint density at radius 2 is 1.89 bits per heavy atom. The molecule has 1 heterocycles. The van der Waals surface area contributed by atoms with E-state index in [-0.39, 0.29) is 5.69 Å². The number of likely N-dealkylation sites (N-methyl/N-ethyl adjacent to an activating group) is 1. The molecule has 1 aromatic heterocycles. The first-order chi connectivity index (χ1) is 13.1. The summed E-state index contributed by atoms with van der Waals surface area (Å²) in [7, 11) is 0. The molecule has 0 aliphatic carbocycles. The fourth-order valence-corrected chi connectivity index (χ4v) is 2.61. The van der Waals surface area contributed by atoms with Crippen molar-refractivity contribution < 1.29 is 9.53 Å². The fourth-order valence-electron chi connectivity index (χ4n) is 2.49. The van der Waals surface area contributed by atoms with Crippen molar-refractivity contribution in [3.05, 3.63) is 35.0 Å². The van der Waals surface area contributed by atoms with Gasteiger partial charge in [0.15, 0.2) is 5.82 Å². The molecule has 0 radical (unpaired) electrons. The average Bonchev–Trinajstić information content (AvgIpc) is 3.07. The highest BCUT2D eigenvalue weighted by molar-refractivity contribution is 6.30. The van der Waals surface area contributed by atoms with Crippen molar-refractivity contribution in [2.75, 3.05) is 31.6 Å². The Kier molecular flexibility index (Phi) is 8.54. The van der Waals surface area contributed by atoms with Gasteiger partial charge in [-0.05, 0) is 43.8 Å². The number of nitrogens with zero attached hydrogens (tertiary/aromatic N) is 4. The highest BCUT2D eigenvalue weighted by Gasteiger charge is 2.20. The largest absolute Gasteiger partial charge is 0.461 e. The van der Waals surface area contributed by atoms with E-state index in [2.05, 4.69) is 34.3 Å². The molecule has 0 aliphatic rings. The Morgan fingerprint density at radius 3 is 2.52 bits per heavy atom. The number of halogens is 1. The van der Waals surface area contributed by atoms with Gasteiger partial charge in [0, 0.05) is 17.3 Å². The van der Waals surface area contributed by atoms with Gasteiger partial charge in [-0.25, -0.2) is 4.79 Å². The smallest absolute Gasteiger partial charge is 0.362 e. The second kappa shape index (κ2) is 10.9. The van der Waals surface area contributed by atoms with Crippen LogP contribution in [0.5, 0.6) is 0 Å². The van der Waals surface area contributed by atoms with E-state index in [0.29, 0.717) is 24.0 Å². The lowest BCUT2D eigenvalue weighted by molar-refractivity contribution is 0.0493. The minimum absolute atomic E-state index is 0.195. The molecule has 0 saturated carbocycles. The lowest BCUT2D eigenvalue weighted by Gasteiger charge is -2.16. The average molecular weight is 394 g/mol. The molecule has 148 valence electrons. The fraction of sp³-hybridized carbons (Fsp3) is 0.526. The molecule has 0 atom stereocenters. The number of benzene rings is 1. The van der Waals surface area contributed by atoms with Crippen molar-refractivity contribution in [1.82, 2.24) is 19.9 Å². The summed E-state index contributed by atoms with van der Waals surface area (Å²) in [5.74, 6) is -0.0765. The molecule has 0 saturated heterocycles. The number of hydrogen-bond donors (Lipinski definition) is 1. The third-order valence-corrected chi connectivity index (χ3v) is 4.45. The van der Waals surface area contributed by atoms with Crippen LogP contribution in [0, 0.1) is 0 Å². The summed E-state index contributed by atoms with van der Waals surface area (Å²) in [6.45, 7) is 9.98. The van der Waals surface area contributed by atoms with Gasteiger partial charge in [-0.3, -0.25) is 0 Å². The summed E-state index contributed by atoms with van der Waals surface area (Å²) in [5.41, 5.74) is 0.971. The third kappa shape index (κ3) is 6.52. The Labute approximate surface area is 165 Å². The molecular weight excluding hydrogens is 366 g/mol. The van der Waals surface area contributed by atoms with Gasteiger partial charge in [-0.1, -0.05) is 38.8 Å². The third-order valence-electron chi connectivity index (χ3n) is 4.20. The number of aromatic nitrogens is 3. The summed E-state index contributed by atoms with van der Waals surface area (Å²) in [6, 6.07) is 7.19. The number of carbonyl (C=O) groups excluding carboxylic acids is 1. The van der Waals surface area contributed by atoms with Crippen LogP contribution in [0.2, 0.25) is 5.02 Å². The number of ether oxygens (including phenoxy) is 1. The van der Waals surface area contributed by atoms with Gasteiger partial charge in [0.05, 0.1) is 13.2 Å². The van der Waals surface area contributed by atoms with Crippen LogP contribution in [-0.2, 0) is 11.3 Å². The number of anilines is 2. The minimum Gasteiger partial charge on any atom is -0.461 e. The minimum atomic E-state index is -0.464. The van der Waals surface area contributed by atoms with Crippen molar-refractivity contribution in [1.29, 1.82) is 0 Å². The maximum Gasteiger partial charge on any atom is 0.362 e. The van der Waals surface area contributed by atoms with E-state index < -0.39 is 5.97 Å². The summed E-state index contributed by atoms with van der Waals surface area (Å²) < 4.78 is 5.32. The number of nitrogens with one attached hydrogen (secondary N) is 1. The molecular formula is C19H28ClN5O2. The molecule has 0 bridgehead atoms. The monoisotopic (exact) mass is 393 g/mol. The van der Waals surface area contributed by atoms with E-state index in [1.54, 1.807) is 16.9 Å². The molecule has 1 aromatic carbocycles. The van der Waals surface area contributed by atoms with E-state index in [4.69, 9.17) is 16.3 Å². The lowest BCUT2D eigenvalue weighted by Crippen LogP contribution is -2.27. The molecule has 27 heavy (non-hydrogen) atoms. The Hall–Kier alpha value is -2.12. The molecule has 2 rings (SSSR count). The molecule has 1 N–H and O–H groups in total. The molecule has 0 amide bonds. The molecule has 2 aromatic rings.